The zero-order valence-corrected chi connectivity index (χ0v) is 20.7. The maximum atomic E-state index is 13.3. The molecule has 3 heterocycles. The highest BCUT2D eigenvalue weighted by Crippen LogP contribution is 2.38. The minimum Gasteiger partial charge on any atom is -0.392 e. The van der Waals surface area contributed by atoms with Crippen LogP contribution in [0.5, 0.6) is 0 Å². The molecule has 0 spiro atoms. The smallest absolute Gasteiger partial charge is 0.268 e. The van der Waals surface area contributed by atoms with Crippen LogP contribution >= 0.6 is 0 Å². The molecule has 3 aromatic rings. The van der Waals surface area contributed by atoms with Gasteiger partial charge in [-0.2, -0.15) is 0 Å². The molecule has 0 saturated carbocycles. The van der Waals surface area contributed by atoms with Crippen molar-refractivity contribution in [3.05, 3.63) is 65.9 Å². The number of pyridine rings is 2. The molecule has 10 heteroatoms. The van der Waals surface area contributed by atoms with Crippen LogP contribution in [0.2, 0.25) is 0 Å². The van der Waals surface area contributed by atoms with Crippen LogP contribution in [-0.2, 0) is 16.6 Å². The topological polar surface area (TPSA) is 139 Å². The Kier molecular flexibility index (Phi) is 6.52. The van der Waals surface area contributed by atoms with Gasteiger partial charge in [0.2, 0.25) is 0 Å². The number of hydrogen-bond donors (Lipinski definition) is 3. The molecule has 1 aliphatic rings. The molecule has 4 N–H and O–H groups in total. The number of anilines is 2. The third-order valence-electron chi connectivity index (χ3n) is 6.17. The van der Waals surface area contributed by atoms with E-state index in [2.05, 4.69) is 35.4 Å². The number of nitrogens with one attached hydrogen (secondary N) is 1. The summed E-state index contributed by atoms with van der Waals surface area (Å²) in [5.41, 5.74) is 7.71. The first-order chi connectivity index (χ1) is 16.5. The lowest BCUT2D eigenvalue weighted by molar-refractivity contribution is 0.0981. The number of aliphatic hydroxyl groups is 1. The van der Waals surface area contributed by atoms with E-state index in [-0.39, 0.29) is 28.4 Å². The number of aromatic nitrogens is 2. The van der Waals surface area contributed by atoms with Gasteiger partial charge in [0, 0.05) is 23.8 Å². The van der Waals surface area contributed by atoms with Gasteiger partial charge >= 0.3 is 0 Å². The first-order valence-electron chi connectivity index (χ1n) is 11.3. The molecular formula is C25H29N5O4S. The minimum absolute atomic E-state index is 0.104. The summed E-state index contributed by atoms with van der Waals surface area (Å²) in [5.74, 6) is -0.234. The summed E-state index contributed by atoms with van der Waals surface area (Å²) < 4.78 is 27.9. The monoisotopic (exact) mass is 495 g/mol. The van der Waals surface area contributed by atoms with Crippen molar-refractivity contribution in [1.29, 1.82) is 0 Å². The van der Waals surface area contributed by atoms with Crippen LogP contribution in [-0.4, -0.2) is 41.5 Å². The average Bonchev–Trinajstić information content (AvgIpc) is 3.10. The third kappa shape index (κ3) is 4.98. The zero-order valence-electron chi connectivity index (χ0n) is 19.9. The number of carbonyl (C=O) groups is 1. The van der Waals surface area contributed by atoms with Gasteiger partial charge in [0.1, 0.15) is 16.5 Å². The van der Waals surface area contributed by atoms with Gasteiger partial charge in [-0.1, -0.05) is 25.1 Å². The number of rotatable bonds is 6. The molecule has 1 saturated heterocycles. The largest absolute Gasteiger partial charge is 0.392 e. The summed E-state index contributed by atoms with van der Waals surface area (Å²) >= 11 is 0. The molecule has 1 fully saturated rings. The van der Waals surface area contributed by atoms with Crippen LogP contribution < -0.4 is 15.4 Å². The fourth-order valence-corrected chi connectivity index (χ4v) is 5.69. The van der Waals surface area contributed by atoms with Gasteiger partial charge in [-0.3, -0.25) is 4.79 Å². The number of sulfonamides is 1. The van der Waals surface area contributed by atoms with Crippen LogP contribution in [0.25, 0.3) is 11.3 Å². The van der Waals surface area contributed by atoms with Crippen LogP contribution in [0.3, 0.4) is 0 Å². The Morgan fingerprint density at radius 1 is 1.23 bits per heavy atom. The molecule has 35 heavy (non-hydrogen) atoms. The highest BCUT2D eigenvalue weighted by atomic mass is 32.2. The maximum absolute atomic E-state index is 13.3. The molecule has 1 aromatic carbocycles. The molecule has 4 rings (SSSR count). The van der Waals surface area contributed by atoms with Crippen LogP contribution in [0.4, 0.5) is 11.6 Å². The molecule has 1 amide bonds. The van der Waals surface area contributed by atoms with E-state index in [4.69, 9.17) is 10.7 Å². The number of benzene rings is 1. The van der Waals surface area contributed by atoms with E-state index in [0.717, 1.165) is 17.5 Å². The summed E-state index contributed by atoms with van der Waals surface area (Å²) in [4.78, 5) is 23.7. The Bertz CT molecular complexity index is 1370. The molecule has 0 bridgehead atoms. The summed E-state index contributed by atoms with van der Waals surface area (Å²) in [7, 11) is -4.25. The van der Waals surface area contributed by atoms with Gasteiger partial charge in [0.25, 0.3) is 15.9 Å². The van der Waals surface area contributed by atoms with Crippen molar-refractivity contribution in [1.82, 2.24) is 14.7 Å². The second-order valence-electron chi connectivity index (χ2n) is 9.48. The van der Waals surface area contributed by atoms with E-state index in [1.165, 1.54) is 18.3 Å². The molecule has 1 atom stereocenters. The Hall–Kier alpha value is -3.50. The molecule has 9 nitrogen and oxygen atoms in total. The molecule has 1 aliphatic heterocycles. The highest BCUT2D eigenvalue weighted by Gasteiger charge is 2.39. The minimum atomic E-state index is -4.25. The van der Waals surface area contributed by atoms with E-state index in [1.54, 1.807) is 12.1 Å². The standard InChI is InChI=1S/C25H29N5O4S/c1-16-13-25(2,3)30(14-16)23-19(9-10-20(28-23)18-7-4-6-17(12-18)15-31)24(32)29-35(33,34)21-8-5-11-27-22(21)26/h4-12,16,31H,13-15H2,1-3H3,(H2,26,27)(H,29,32)/t16-/m0/s1. The van der Waals surface area contributed by atoms with E-state index < -0.39 is 15.9 Å². The predicted molar refractivity (Wildman–Crippen MR) is 134 cm³/mol. The van der Waals surface area contributed by atoms with Gasteiger partial charge < -0.3 is 15.7 Å². The number of hydrogen-bond acceptors (Lipinski definition) is 8. The summed E-state index contributed by atoms with van der Waals surface area (Å²) in [6.45, 7) is 6.85. The number of aliphatic hydroxyl groups excluding tert-OH is 1. The zero-order chi connectivity index (χ0) is 25.4. The van der Waals surface area contributed by atoms with Crippen molar-refractivity contribution in [2.45, 2.75) is 44.2 Å². The fourth-order valence-electron chi connectivity index (χ4n) is 4.64. The molecule has 0 radical (unpaired) electrons. The lowest BCUT2D eigenvalue weighted by Gasteiger charge is -2.34. The number of nitrogens with two attached hydrogens (primary N) is 1. The van der Waals surface area contributed by atoms with Crippen LogP contribution in [0.1, 0.15) is 43.1 Å². The molecule has 2 aromatic heterocycles. The van der Waals surface area contributed by atoms with Crippen molar-refractivity contribution in [2.75, 3.05) is 17.2 Å². The van der Waals surface area contributed by atoms with Gasteiger partial charge in [-0.25, -0.2) is 23.1 Å². The van der Waals surface area contributed by atoms with Gasteiger partial charge in [0.05, 0.1) is 17.9 Å². The highest BCUT2D eigenvalue weighted by molar-refractivity contribution is 7.90. The molecule has 0 aliphatic carbocycles. The Morgan fingerprint density at radius 2 is 2.00 bits per heavy atom. The van der Waals surface area contributed by atoms with E-state index in [9.17, 15) is 18.3 Å². The lowest BCUT2D eigenvalue weighted by Crippen LogP contribution is -2.41. The van der Waals surface area contributed by atoms with Gasteiger partial charge in [-0.05, 0) is 62.1 Å². The van der Waals surface area contributed by atoms with E-state index >= 15 is 0 Å². The van der Waals surface area contributed by atoms with Crippen molar-refractivity contribution in [2.24, 2.45) is 5.92 Å². The third-order valence-corrected chi connectivity index (χ3v) is 7.55. The van der Waals surface area contributed by atoms with Crippen molar-refractivity contribution in [3.63, 3.8) is 0 Å². The fraction of sp³-hybridized carbons (Fsp3) is 0.320. The number of amides is 1. The molecular weight excluding hydrogens is 466 g/mol. The van der Waals surface area contributed by atoms with Gasteiger partial charge in [0.15, 0.2) is 0 Å². The number of nitrogens with zero attached hydrogens (tertiary/aromatic N) is 3. The number of nitrogen functional groups attached to an aromatic ring is 1. The molecule has 184 valence electrons. The van der Waals surface area contributed by atoms with E-state index in [1.807, 2.05) is 24.3 Å². The van der Waals surface area contributed by atoms with E-state index in [0.29, 0.717) is 24.0 Å². The van der Waals surface area contributed by atoms with Crippen molar-refractivity contribution in [3.8, 4) is 11.3 Å². The average molecular weight is 496 g/mol. The first kappa shape index (κ1) is 24.6. The van der Waals surface area contributed by atoms with Crippen molar-refractivity contribution < 1.29 is 18.3 Å². The lowest BCUT2D eigenvalue weighted by atomic mass is 9.97. The Balaban J connectivity index is 1.78. The quantitative estimate of drug-likeness (QED) is 0.474. The van der Waals surface area contributed by atoms with Crippen LogP contribution in [0, 0.1) is 5.92 Å². The predicted octanol–water partition coefficient (Wildman–Crippen LogP) is 2.96. The van der Waals surface area contributed by atoms with Gasteiger partial charge in [-0.15, -0.1) is 0 Å². The second-order valence-corrected chi connectivity index (χ2v) is 11.1. The summed E-state index contributed by atoms with van der Waals surface area (Å²) in [6, 6.07) is 13.3. The SMILES string of the molecule is C[C@@H]1CN(c2nc(-c3cccc(CO)c3)ccc2C(=O)NS(=O)(=O)c2cccnc2N)C(C)(C)C1. The second kappa shape index (κ2) is 9.27. The maximum Gasteiger partial charge on any atom is 0.268 e. The first-order valence-corrected chi connectivity index (χ1v) is 12.8. The Morgan fingerprint density at radius 3 is 2.66 bits per heavy atom. The Labute approximate surface area is 205 Å². The molecule has 0 unspecified atom stereocenters. The van der Waals surface area contributed by atoms with Crippen molar-refractivity contribution >= 4 is 27.6 Å². The normalized spacial score (nSPS) is 17.4. The number of carbonyl (C=O) groups excluding carboxylic acids is 1. The summed E-state index contributed by atoms with van der Waals surface area (Å²) in [6.07, 6.45) is 2.27. The summed E-state index contributed by atoms with van der Waals surface area (Å²) in [5, 5.41) is 9.52. The van der Waals surface area contributed by atoms with Crippen LogP contribution in [0.15, 0.2) is 59.6 Å².